The van der Waals surface area contributed by atoms with Gasteiger partial charge in [0.15, 0.2) is 10.6 Å². The number of anilines is 1. The van der Waals surface area contributed by atoms with Crippen molar-refractivity contribution >= 4 is 35.5 Å². The summed E-state index contributed by atoms with van der Waals surface area (Å²) in [7, 11) is 0. The highest BCUT2D eigenvalue weighted by Crippen LogP contribution is 2.23. The van der Waals surface area contributed by atoms with Gasteiger partial charge < -0.3 is 5.32 Å². The number of benzene rings is 1. The van der Waals surface area contributed by atoms with Gasteiger partial charge in [0, 0.05) is 42.3 Å². The summed E-state index contributed by atoms with van der Waals surface area (Å²) in [4.78, 5) is 19.2. The predicted molar refractivity (Wildman–Crippen MR) is 134 cm³/mol. The number of hydrogen-bond donors (Lipinski definition) is 1. The Morgan fingerprint density at radius 3 is 2.61 bits per heavy atom. The monoisotopic (exact) mass is 482 g/mol. The Bertz CT molecular complexity index is 1180. The average Bonchev–Trinajstić information content (AvgIpc) is 3.12. The Balaban J connectivity index is 1.41. The minimum absolute atomic E-state index is 0.0275. The van der Waals surface area contributed by atoms with E-state index in [2.05, 4.69) is 21.8 Å². The molecule has 0 saturated carbocycles. The molecule has 0 radical (unpaired) electrons. The lowest BCUT2D eigenvalue weighted by Crippen LogP contribution is -2.39. The minimum atomic E-state index is -0.0275. The maximum atomic E-state index is 12.6. The normalized spacial score (nSPS) is 14.8. The highest BCUT2D eigenvalue weighted by Gasteiger charge is 2.26. The van der Waals surface area contributed by atoms with E-state index in [1.807, 2.05) is 58.6 Å². The van der Waals surface area contributed by atoms with Crippen molar-refractivity contribution in [2.75, 3.05) is 18.4 Å². The van der Waals surface area contributed by atoms with Crippen LogP contribution in [0.2, 0.25) is 5.02 Å². The van der Waals surface area contributed by atoms with Crippen molar-refractivity contribution < 1.29 is 4.79 Å². The quantitative estimate of drug-likeness (QED) is 0.382. The Labute approximate surface area is 203 Å². The summed E-state index contributed by atoms with van der Waals surface area (Å²) in [6, 6.07) is 11.4. The summed E-state index contributed by atoms with van der Waals surface area (Å²) in [5.41, 5.74) is 2.01. The lowest BCUT2D eigenvalue weighted by Gasteiger charge is -2.30. The van der Waals surface area contributed by atoms with Gasteiger partial charge in [0.2, 0.25) is 5.91 Å². The van der Waals surface area contributed by atoms with Crippen LogP contribution in [0.15, 0.2) is 55.3 Å². The second-order valence-corrected chi connectivity index (χ2v) is 9.06. The third-order valence-corrected chi connectivity index (χ3v) is 6.47. The van der Waals surface area contributed by atoms with Gasteiger partial charge in [-0.3, -0.25) is 14.3 Å². The number of amides is 1. The molecule has 0 spiro atoms. The van der Waals surface area contributed by atoms with Crippen LogP contribution in [0.1, 0.15) is 18.4 Å². The van der Waals surface area contributed by atoms with Crippen molar-refractivity contribution in [1.82, 2.24) is 24.2 Å². The SMILES string of the molecule is C=CCn1c(-c2ccc(Cl)cc2)nn(CN2CCC(C(=O)Nc3ccc(C)cn3)CC2)c1=S. The summed E-state index contributed by atoms with van der Waals surface area (Å²) in [6.45, 7) is 8.57. The molecule has 1 amide bonds. The Hall–Kier alpha value is -2.81. The van der Waals surface area contributed by atoms with Gasteiger partial charge in [-0.15, -0.1) is 6.58 Å². The second-order valence-electron chi connectivity index (χ2n) is 8.26. The number of rotatable bonds is 7. The molecule has 7 nitrogen and oxygen atoms in total. The number of carbonyl (C=O) groups is 1. The fraction of sp³-hybridized carbons (Fsp3) is 0.333. The largest absolute Gasteiger partial charge is 0.310 e. The minimum Gasteiger partial charge on any atom is -0.310 e. The summed E-state index contributed by atoms with van der Waals surface area (Å²) in [5, 5.41) is 8.41. The number of pyridine rings is 1. The van der Waals surface area contributed by atoms with E-state index in [0.29, 0.717) is 28.8 Å². The molecule has 33 heavy (non-hydrogen) atoms. The van der Waals surface area contributed by atoms with Crippen LogP contribution in [0.3, 0.4) is 0 Å². The van der Waals surface area contributed by atoms with E-state index >= 15 is 0 Å². The van der Waals surface area contributed by atoms with Crippen LogP contribution in [0.25, 0.3) is 11.4 Å². The van der Waals surface area contributed by atoms with Gasteiger partial charge in [-0.05, 0) is 67.9 Å². The summed E-state index contributed by atoms with van der Waals surface area (Å²) in [6.07, 6.45) is 5.13. The number of hydrogen-bond acceptors (Lipinski definition) is 5. The molecule has 0 aliphatic carbocycles. The van der Waals surface area contributed by atoms with E-state index in [4.69, 9.17) is 28.9 Å². The molecule has 1 aliphatic rings. The van der Waals surface area contributed by atoms with Gasteiger partial charge in [-0.2, -0.15) is 5.10 Å². The van der Waals surface area contributed by atoms with Crippen molar-refractivity contribution in [3.63, 3.8) is 0 Å². The molecule has 1 aliphatic heterocycles. The molecule has 9 heteroatoms. The second kappa shape index (κ2) is 10.4. The molecule has 2 aromatic heterocycles. The van der Waals surface area contributed by atoms with E-state index in [1.165, 1.54) is 0 Å². The average molecular weight is 483 g/mol. The van der Waals surface area contributed by atoms with Crippen molar-refractivity contribution in [2.24, 2.45) is 5.92 Å². The first kappa shape index (κ1) is 23.4. The molecule has 3 aromatic rings. The fourth-order valence-corrected chi connectivity index (χ4v) is 4.32. The predicted octanol–water partition coefficient (Wildman–Crippen LogP) is 4.93. The molecule has 1 fully saturated rings. The first-order valence-electron chi connectivity index (χ1n) is 10.9. The zero-order valence-corrected chi connectivity index (χ0v) is 20.1. The van der Waals surface area contributed by atoms with E-state index in [9.17, 15) is 4.79 Å². The van der Waals surface area contributed by atoms with E-state index in [1.54, 1.807) is 6.20 Å². The molecule has 4 rings (SSSR count). The molecule has 3 heterocycles. The molecule has 0 unspecified atom stereocenters. The van der Waals surface area contributed by atoms with E-state index < -0.39 is 0 Å². The van der Waals surface area contributed by atoms with Crippen LogP contribution >= 0.6 is 23.8 Å². The number of aromatic nitrogens is 4. The van der Waals surface area contributed by atoms with Gasteiger partial charge in [0.25, 0.3) is 0 Å². The van der Waals surface area contributed by atoms with Crippen LogP contribution in [0.4, 0.5) is 5.82 Å². The molecule has 1 aromatic carbocycles. The number of nitrogens with zero attached hydrogens (tertiary/aromatic N) is 5. The Kier molecular flexibility index (Phi) is 7.37. The summed E-state index contributed by atoms with van der Waals surface area (Å²) < 4.78 is 4.46. The first-order chi connectivity index (χ1) is 15.9. The molecule has 0 atom stereocenters. The molecular weight excluding hydrogens is 456 g/mol. The Morgan fingerprint density at radius 2 is 1.97 bits per heavy atom. The van der Waals surface area contributed by atoms with E-state index in [0.717, 1.165) is 42.9 Å². The molecule has 0 bridgehead atoms. The van der Waals surface area contributed by atoms with E-state index in [-0.39, 0.29) is 11.8 Å². The molecule has 1 saturated heterocycles. The highest BCUT2D eigenvalue weighted by atomic mass is 35.5. The van der Waals surface area contributed by atoms with Gasteiger partial charge in [0.1, 0.15) is 5.82 Å². The molecular formula is C24H27ClN6OS. The maximum Gasteiger partial charge on any atom is 0.228 e. The lowest BCUT2D eigenvalue weighted by molar-refractivity contribution is -0.121. The van der Waals surface area contributed by atoms with Crippen LogP contribution in [0.5, 0.6) is 0 Å². The maximum absolute atomic E-state index is 12.6. The number of carbonyl (C=O) groups excluding carboxylic acids is 1. The molecule has 172 valence electrons. The topological polar surface area (TPSA) is 68.0 Å². The zero-order chi connectivity index (χ0) is 23.4. The number of allylic oxidation sites excluding steroid dienone is 1. The van der Waals surface area contributed by atoms with Crippen LogP contribution in [-0.2, 0) is 18.0 Å². The lowest BCUT2D eigenvalue weighted by atomic mass is 9.96. The third kappa shape index (κ3) is 5.58. The van der Waals surface area contributed by atoms with Crippen molar-refractivity contribution in [2.45, 2.75) is 33.0 Å². The van der Waals surface area contributed by atoms with Gasteiger partial charge in [-0.1, -0.05) is 23.7 Å². The van der Waals surface area contributed by atoms with Gasteiger partial charge in [0.05, 0.1) is 6.67 Å². The third-order valence-electron chi connectivity index (χ3n) is 5.79. The number of piperidine rings is 1. The number of aryl methyl sites for hydroxylation is 1. The van der Waals surface area contributed by atoms with Crippen molar-refractivity contribution in [1.29, 1.82) is 0 Å². The van der Waals surface area contributed by atoms with Crippen LogP contribution < -0.4 is 5.32 Å². The summed E-state index contributed by atoms with van der Waals surface area (Å²) in [5.74, 6) is 1.39. The van der Waals surface area contributed by atoms with Gasteiger partial charge >= 0.3 is 0 Å². The Morgan fingerprint density at radius 1 is 1.24 bits per heavy atom. The number of halogens is 1. The molecule has 1 N–H and O–H groups in total. The van der Waals surface area contributed by atoms with Crippen molar-refractivity contribution in [3.05, 3.63) is 70.6 Å². The highest BCUT2D eigenvalue weighted by molar-refractivity contribution is 7.71. The van der Waals surface area contributed by atoms with Crippen molar-refractivity contribution in [3.8, 4) is 11.4 Å². The summed E-state index contributed by atoms with van der Waals surface area (Å²) >= 11 is 11.8. The van der Waals surface area contributed by atoms with Crippen LogP contribution in [-0.4, -0.2) is 43.2 Å². The van der Waals surface area contributed by atoms with Gasteiger partial charge in [-0.25, -0.2) is 9.67 Å². The smallest absolute Gasteiger partial charge is 0.228 e. The standard InChI is InChI=1S/C24H27ClN6OS/c1-3-12-30-22(18-5-7-20(25)8-6-18)28-31(24(30)33)16-29-13-10-19(11-14-29)23(32)27-21-9-4-17(2)15-26-21/h3-9,15,19H,1,10-14,16H2,2H3,(H,26,27,32). The first-order valence-corrected chi connectivity index (χ1v) is 11.7. The number of likely N-dealkylation sites (tertiary alicyclic amines) is 1. The van der Waals surface area contributed by atoms with Crippen LogP contribution in [0, 0.1) is 17.6 Å². The number of nitrogens with one attached hydrogen (secondary N) is 1. The zero-order valence-electron chi connectivity index (χ0n) is 18.6. The fourth-order valence-electron chi connectivity index (χ4n) is 3.94.